The van der Waals surface area contributed by atoms with Gasteiger partial charge in [-0.2, -0.15) is 10.5 Å². The number of hydrogen-bond donors (Lipinski definition) is 0. The number of nitriles is 2. The van der Waals surface area contributed by atoms with Crippen molar-refractivity contribution in [2.45, 2.75) is 0 Å². The fraction of sp³-hybridized carbons (Fsp3) is 0. The Balaban J connectivity index is 1.25. The zero-order chi connectivity index (χ0) is 36.2. The van der Waals surface area contributed by atoms with E-state index in [1.54, 1.807) is 0 Å². The Hall–Kier alpha value is -7.66. The minimum atomic E-state index is 0.635. The average Bonchev–Trinajstić information content (AvgIpc) is 3.76. The SMILES string of the molecule is N#Cc1ccc(-c2ccccc2-c2cc(-c3ccc4c(c3)c3ccccc3n4-c3ccccc3)cc(-n3c4ccccc4c4cc(C#N)ccc43)c2)cc1. The van der Waals surface area contributed by atoms with Crippen LogP contribution >= 0.6 is 0 Å². The molecule has 4 heteroatoms. The number of hydrogen-bond acceptors (Lipinski definition) is 2. The van der Waals surface area contributed by atoms with Gasteiger partial charge < -0.3 is 9.13 Å². The van der Waals surface area contributed by atoms with Crippen LogP contribution in [0.15, 0.2) is 182 Å². The van der Waals surface area contributed by atoms with Crippen molar-refractivity contribution in [2.75, 3.05) is 0 Å². The van der Waals surface area contributed by atoms with Crippen molar-refractivity contribution in [3.63, 3.8) is 0 Å². The maximum Gasteiger partial charge on any atom is 0.0991 e. The highest BCUT2D eigenvalue weighted by molar-refractivity contribution is 6.11. The number of para-hydroxylation sites is 3. The summed E-state index contributed by atoms with van der Waals surface area (Å²) in [6, 6.07) is 68.1. The van der Waals surface area contributed by atoms with Gasteiger partial charge in [-0.25, -0.2) is 0 Å². The van der Waals surface area contributed by atoms with Crippen LogP contribution in [0, 0.1) is 22.7 Å². The first-order valence-corrected chi connectivity index (χ1v) is 18.0. The molecule has 0 saturated carbocycles. The molecule has 0 N–H and O–H groups in total. The molecule has 54 heavy (non-hydrogen) atoms. The lowest BCUT2D eigenvalue weighted by molar-refractivity contribution is 1.18. The van der Waals surface area contributed by atoms with E-state index in [0.29, 0.717) is 11.1 Å². The van der Waals surface area contributed by atoms with Gasteiger partial charge in [-0.15, -0.1) is 0 Å². The lowest BCUT2D eigenvalue weighted by Crippen LogP contribution is -1.97. The molecule has 250 valence electrons. The number of fused-ring (bicyclic) bond motifs is 6. The van der Waals surface area contributed by atoms with Crippen molar-refractivity contribution >= 4 is 43.6 Å². The maximum atomic E-state index is 9.80. The van der Waals surface area contributed by atoms with Crippen molar-refractivity contribution in [1.82, 2.24) is 9.13 Å². The van der Waals surface area contributed by atoms with Crippen molar-refractivity contribution < 1.29 is 0 Å². The van der Waals surface area contributed by atoms with E-state index in [4.69, 9.17) is 0 Å². The van der Waals surface area contributed by atoms with Gasteiger partial charge in [0, 0.05) is 32.9 Å². The largest absolute Gasteiger partial charge is 0.309 e. The molecule has 0 amide bonds. The van der Waals surface area contributed by atoms with Gasteiger partial charge in [0.15, 0.2) is 0 Å². The Morgan fingerprint density at radius 3 is 1.50 bits per heavy atom. The molecular formula is C50H30N4. The van der Waals surface area contributed by atoms with E-state index < -0.39 is 0 Å². The summed E-state index contributed by atoms with van der Waals surface area (Å²) in [7, 11) is 0. The average molecular weight is 687 g/mol. The topological polar surface area (TPSA) is 57.4 Å². The van der Waals surface area contributed by atoms with E-state index in [0.717, 1.165) is 72.1 Å². The van der Waals surface area contributed by atoms with Crippen LogP contribution in [0.3, 0.4) is 0 Å². The van der Waals surface area contributed by atoms with Crippen LogP contribution in [-0.4, -0.2) is 9.13 Å². The predicted octanol–water partition coefficient (Wildman–Crippen LogP) is 12.6. The number of rotatable bonds is 5. The Labute approximate surface area is 312 Å². The summed E-state index contributed by atoms with van der Waals surface area (Å²) in [5.74, 6) is 0. The molecule has 2 aromatic heterocycles. The first-order chi connectivity index (χ1) is 26.7. The Kier molecular flexibility index (Phi) is 7.22. The monoisotopic (exact) mass is 686 g/mol. The Morgan fingerprint density at radius 1 is 0.315 bits per heavy atom. The lowest BCUT2D eigenvalue weighted by atomic mass is 9.91. The number of nitrogens with zero attached hydrogens (tertiary/aromatic N) is 4. The molecular weight excluding hydrogens is 657 g/mol. The number of aromatic nitrogens is 2. The van der Waals surface area contributed by atoms with Gasteiger partial charge in [0.1, 0.15) is 0 Å². The Morgan fingerprint density at radius 2 is 0.815 bits per heavy atom. The van der Waals surface area contributed by atoms with Gasteiger partial charge in [0.25, 0.3) is 0 Å². The molecule has 0 atom stereocenters. The van der Waals surface area contributed by atoms with Crippen molar-refractivity contribution in [3.05, 3.63) is 193 Å². The zero-order valence-corrected chi connectivity index (χ0v) is 29.1. The normalized spacial score (nSPS) is 11.3. The summed E-state index contributed by atoms with van der Waals surface area (Å²) >= 11 is 0. The first-order valence-electron chi connectivity index (χ1n) is 18.0. The molecule has 0 fully saturated rings. The van der Waals surface area contributed by atoms with Gasteiger partial charge >= 0.3 is 0 Å². The molecule has 0 unspecified atom stereocenters. The second-order valence-corrected chi connectivity index (χ2v) is 13.6. The van der Waals surface area contributed by atoms with Crippen molar-refractivity contribution in [1.29, 1.82) is 10.5 Å². The van der Waals surface area contributed by atoms with Crippen LogP contribution in [0.2, 0.25) is 0 Å². The molecule has 10 rings (SSSR count). The zero-order valence-electron chi connectivity index (χ0n) is 29.1. The van der Waals surface area contributed by atoms with Gasteiger partial charge in [-0.3, -0.25) is 0 Å². The minimum Gasteiger partial charge on any atom is -0.309 e. The quantitative estimate of drug-likeness (QED) is 0.181. The van der Waals surface area contributed by atoms with Crippen molar-refractivity contribution in [3.8, 4) is 56.9 Å². The van der Waals surface area contributed by atoms with Crippen LogP contribution in [0.4, 0.5) is 0 Å². The van der Waals surface area contributed by atoms with Crippen LogP contribution in [0.5, 0.6) is 0 Å². The summed E-state index contributed by atoms with van der Waals surface area (Å²) in [4.78, 5) is 0. The summed E-state index contributed by atoms with van der Waals surface area (Å²) in [5, 5.41) is 23.8. The van der Waals surface area contributed by atoms with Gasteiger partial charge in [0.2, 0.25) is 0 Å². The van der Waals surface area contributed by atoms with E-state index in [1.165, 1.54) is 16.3 Å². The van der Waals surface area contributed by atoms with Crippen LogP contribution in [0.25, 0.3) is 88.4 Å². The summed E-state index contributed by atoms with van der Waals surface area (Å²) in [5.41, 5.74) is 14.4. The molecule has 8 aromatic carbocycles. The molecule has 0 bridgehead atoms. The van der Waals surface area contributed by atoms with E-state index in [1.807, 2.05) is 36.4 Å². The third kappa shape index (κ3) is 4.98. The molecule has 0 spiro atoms. The van der Waals surface area contributed by atoms with E-state index in [2.05, 4.69) is 167 Å². The highest BCUT2D eigenvalue weighted by Gasteiger charge is 2.18. The lowest BCUT2D eigenvalue weighted by Gasteiger charge is -2.16. The molecule has 4 nitrogen and oxygen atoms in total. The predicted molar refractivity (Wildman–Crippen MR) is 221 cm³/mol. The molecule has 10 aromatic rings. The standard InChI is InChI=1S/C50H30N4/c51-31-33-18-21-35(22-19-33)41-12-4-5-13-42(41)38-27-37(28-40(29-38)54-48-17-9-6-14-43(48)45-26-34(32-52)20-24-49(45)54)36-23-25-50-46(30-36)44-15-7-8-16-47(44)53(50)39-10-2-1-3-11-39/h1-30H. The summed E-state index contributed by atoms with van der Waals surface area (Å²) < 4.78 is 4.67. The molecule has 0 aliphatic rings. The molecule has 2 heterocycles. The smallest absolute Gasteiger partial charge is 0.0991 e. The number of benzene rings is 8. The minimum absolute atomic E-state index is 0.635. The molecule has 0 radical (unpaired) electrons. The second-order valence-electron chi connectivity index (χ2n) is 13.6. The Bertz CT molecular complexity index is 3170. The highest BCUT2D eigenvalue weighted by Crippen LogP contribution is 2.41. The van der Waals surface area contributed by atoms with Gasteiger partial charge in [-0.1, -0.05) is 97.1 Å². The van der Waals surface area contributed by atoms with E-state index in [-0.39, 0.29) is 0 Å². The van der Waals surface area contributed by atoms with Gasteiger partial charge in [-0.05, 0) is 118 Å². The van der Waals surface area contributed by atoms with E-state index >= 15 is 0 Å². The summed E-state index contributed by atoms with van der Waals surface area (Å²) in [6.45, 7) is 0. The molecule has 0 saturated heterocycles. The fourth-order valence-corrected chi connectivity index (χ4v) is 8.10. The maximum absolute atomic E-state index is 9.80. The fourth-order valence-electron chi connectivity index (χ4n) is 8.10. The van der Waals surface area contributed by atoms with Crippen LogP contribution in [0.1, 0.15) is 11.1 Å². The first kappa shape index (κ1) is 31.1. The van der Waals surface area contributed by atoms with E-state index in [9.17, 15) is 10.5 Å². The highest BCUT2D eigenvalue weighted by atomic mass is 15.0. The summed E-state index contributed by atoms with van der Waals surface area (Å²) in [6.07, 6.45) is 0. The van der Waals surface area contributed by atoms with Crippen LogP contribution < -0.4 is 0 Å². The van der Waals surface area contributed by atoms with Crippen molar-refractivity contribution in [2.24, 2.45) is 0 Å². The third-order valence-electron chi connectivity index (χ3n) is 10.6. The second kappa shape index (κ2) is 12.5. The van der Waals surface area contributed by atoms with Gasteiger partial charge in [0.05, 0.1) is 45.3 Å². The molecule has 0 aliphatic heterocycles. The molecule has 0 aliphatic carbocycles. The van der Waals surface area contributed by atoms with Crippen LogP contribution in [-0.2, 0) is 0 Å². The third-order valence-corrected chi connectivity index (χ3v) is 10.6.